The lowest BCUT2D eigenvalue weighted by molar-refractivity contribution is 0.0939. The number of carbonyl (C=O) groups is 1. The Hall–Kier alpha value is -2.54. The molecule has 0 aliphatic carbocycles. The average Bonchev–Trinajstić information content (AvgIpc) is 2.60. The molecule has 0 saturated carbocycles. The van der Waals surface area contributed by atoms with Crippen molar-refractivity contribution in [2.24, 2.45) is 0 Å². The third-order valence-corrected chi connectivity index (χ3v) is 4.93. The fourth-order valence-corrected chi connectivity index (χ4v) is 2.97. The molecular weight excluding hydrogens is 342 g/mol. The van der Waals surface area contributed by atoms with Crippen LogP contribution in [0.15, 0.2) is 47.4 Å². The third kappa shape index (κ3) is 4.51. The summed E-state index contributed by atoms with van der Waals surface area (Å²) in [5.74, 6) is 0.754. The Morgan fingerprint density at radius 1 is 1.00 bits per heavy atom. The molecule has 2 rings (SSSR count). The monoisotopic (exact) mass is 363 g/mol. The van der Waals surface area contributed by atoms with Crippen LogP contribution in [0.3, 0.4) is 0 Å². The van der Waals surface area contributed by atoms with E-state index in [1.807, 2.05) is 6.92 Å². The largest absolute Gasteiger partial charge is 0.493 e. The summed E-state index contributed by atoms with van der Waals surface area (Å²) in [6.45, 7) is 1.83. The molecule has 0 unspecified atom stereocenters. The van der Waals surface area contributed by atoms with Crippen LogP contribution >= 0.6 is 0 Å². The van der Waals surface area contributed by atoms with Crippen molar-refractivity contribution in [2.45, 2.75) is 17.9 Å². The molecule has 0 aliphatic heterocycles. The number of hydrogen-bond acceptors (Lipinski definition) is 5. The molecule has 134 valence electrons. The Morgan fingerprint density at radius 3 is 2.12 bits per heavy atom. The maximum atomic E-state index is 12.4. The lowest BCUT2D eigenvalue weighted by atomic mass is 10.1. The number of hydrogen-bond donors (Lipinski definition) is 1. The van der Waals surface area contributed by atoms with Gasteiger partial charge in [-0.3, -0.25) is 4.79 Å². The summed E-state index contributed by atoms with van der Waals surface area (Å²) in [4.78, 5) is 12.7. The van der Waals surface area contributed by atoms with Gasteiger partial charge in [-0.15, -0.1) is 0 Å². The summed E-state index contributed by atoms with van der Waals surface area (Å²) < 4.78 is 33.3. The summed E-state index contributed by atoms with van der Waals surface area (Å²) in [6, 6.07) is 11.1. The molecule has 6 nitrogen and oxygen atoms in total. The van der Waals surface area contributed by atoms with Crippen molar-refractivity contribution >= 4 is 15.7 Å². The highest BCUT2D eigenvalue weighted by atomic mass is 32.2. The second-order valence-electron chi connectivity index (χ2n) is 5.61. The number of carbonyl (C=O) groups excluding carboxylic acids is 1. The van der Waals surface area contributed by atoms with Gasteiger partial charge in [0.2, 0.25) is 0 Å². The summed E-state index contributed by atoms with van der Waals surface area (Å²) >= 11 is 0. The molecule has 1 amide bonds. The minimum atomic E-state index is -3.24. The maximum Gasteiger partial charge on any atom is 0.251 e. The molecule has 2 aromatic rings. The van der Waals surface area contributed by atoms with E-state index in [9.17, 15) is 13.2 Å². The topological polar surface area (TPSA) is 81.7 Å². The van der Waals surface area contributed by atoms with Gasteiger partial charge in [0.05, 0.1) is 25.2 Å². The zero-order valence-corrected chi connectivity index (χ0v) is 15.4. The van der Waals surface area contributed by atoms with Gasteiger partial charge in [-0.2, -0.15) is 0 Å². The minimum Gasteiger partial charge on any atom is -0.493 e. The van der Waals surface area contributed by atoms with Crippen LogP contribution in [0.25, 0.3) is 0 Å². The Bertz CT molecular complexity index is 860. The van der Waals surface area contributed by atoms with Gasteiger partial charge in [0, 0.05) is 11.8 Å². The number of sulfone groups is 1. The first-order valence-electron chi connectivity index (χ1n) is 7.59. The fraction of sp³-hybridized carbons (Fsp3) is 0.278. The second-order valence-corrected chi connectivity index (χ2v) is 7.62. The molecule has 0 fully saturated rings. The lowest BCUT2D eigenvalue weighted by Crippen LogP contribution is -2.26. The van der Waals surface area contributed by atoms with Gasteiger partial charge in [-0.25, -0.2) is 8.42 Å². The van der Waals surface area contributed by atoms with Gasteiger partial charge in [-0.1, -0.05) is 12.1 Å². The molecule has 0 heterocycles. The SMILES string of the molecule is COc1ccc(C(=O)N[C@H](C)c2ccc(S(C)(=O)=O)cc2)cc1OC. The molecule has 2 aromatic carbocycles. The molecular formula is C18H21NO5S. The normalized spacial score (nSPS) is 12.3. The Labute approximate surface area is 147 Å². The smallest absolute Gasteiger partial charge is 0.251 e. The highest BCUT2D eigenvalue weighted by molar-refractivity contribution is 7.90. The van der Waals surface area contributed by atoms with Crippen molar-refractivity contribution in [2.75, 3.05) is 20.5 Å². The molecule has 1 N–H and O–H groups in total. The number of rotatable bonds is 6. The first-order chi connectivity index (χ1) is 11.8. The van der Waals surface area contributed by atoms with E-state index in [0.717, 1.165) is 11.8 Å². The summed E-state index contributed by atoms with van der Waals surface area (Å²) in [6.07, 6.45) is 1.16. The standard InChI is InChI=1S/C18H21NO5S/c1-12(13-5-8-15(9-6-13)25(4,21)22)19-18(20)14-7-10-16(23-2)17(11-14)24-3/h5-12H,1-4H3,(H,19,20)/t12-/m1/s1. The number of ether oxygens (including phenoxy) is 2. The Balaban J connectivity index is 2.14. The van der Waals surface area contributed by atoms with Crippen LogP contribution in [0.2, 0.25) is 0 Å². The van der Waals surface area contributed by atoms with Gasteiger partial charge in [-0.05, 0) is 42.8 Å². The summed E-state index contributed by atoms with van der Waals surface area (Å²) in [5.41, 5.74) is 1.25. The van der Waals surface area contributed by atoms with E-state index in [1.54, 1.807) is 30.3 Å². The number of nitrogens with one attached hydrogen (secondary N) is 1. The van der Waals surface area contributed by atoms with Crippen molar-refractivity contribution in [3.8, 4) is 11.5 Å². The molecule has 1 atom stereocenters. The molecule has 0 bridgehead atoms. The van der Waals surface area contributed by atoms with Crippen LogP contribution < -0.4 is 14.8 Å². The Kier molecular flexibility index (Phi) is 5.69. The van der Waals surface area contributed by atoms with E-state index in [4.69, 9.17) is 9.47 Å². The Morgan fingerprint density at radius 2 is 1.60 bits per heavy atom. The van der Waals surface area contributed by atoms with Crippen LogP contribution in [-0.4, -0.2) is 34.8 Å². The third-order valence-electron chi connectivity index (χ3n) is 3.80. The van der Waals surface area contributed by atoms with Crippen LogP contribution in [0, 0.1) is 0 Å². The zero-order valence-electron chi connectivity index (χ0n) is 14.6. The summed E-state index contributed by atoms with van der Waals surface area (Å²) in [7, 11) is -0.206. The molecule has 0 saturated heterocycles. The molecule has 7 heteroatoms. The summed E-state index contributed by atoms with van der Waals surface area (Å²) in [5, 5.41) is 2.87. The van der Waals surface area contributed by atoms with Gasteiger partial charge >= 0.3 is 0 Å². The quantitative estimate of drug-likeness (QED) is 0.853. The van der Waals surface area contributed by atoms with Crippen molar-refractivity contribution in [3.05, 3.63) is 53.6 Å². The number of amides is 1. The van der Waals surface area contributed by atoms with Crippen LogP contribution in [0.4, 0.5) is 0 Å². The van der Waals surface area contributed by atoms with Crippen molar-refractivity contribution in [1.29, 1.82) is 0 Å². The molecule has 0 spiro atoms. The van der Waals surface area contributed by atoms with E-state index in [-0.39, 0.29) is 16.8 Å². The van der Waals surface area contributed by atoms with Crippen LogP contribution in [0.5, 0.6) is 11.5 Å². The van der Waals surface area contributed by atoms with Crippen molar-refractivity contribution in [1.82, 2.24) is 5.32 Å². The van der Waals surface area contributed by atoms with E-state index in [0.29, 0.717) is 17.1 Å². The highest BCUT2D eigenvalue weighted by Crippen LogP contribution is 2.27. The molecule has 0 aromatic heterocycles. The van der Waals surface area contributed by atoms with E-state index in [2.05, 4.69) is 5.32 Å². The van der Waals surface area contributed by atoms with Crippen molar-refractivity contribution in [3.63, 3.8) is 0 Å². The zero-order chi connectivity index (χ0) is 18.6. The molecule has 0 radical (unpaired) electrons. The lowest BCUT2D eigenvalue weighted by Gasteiger charge is -2.16. The minimum absolute atomic E-state index is 0.245. The fourth-order valence-electron chi connectivity index (χ4n) is 2.34. The predicted octanol–water partition coefficient (Wildman–Crippen LogP) is 2.60. The van der Waals surface area contributed by atoms with Crippen LogP contribution in [-0.2, 0) is 9.84 Å². The first kappa shape index (κ1) is 18.8. The van der Waals surface area contributed by atoms with Gasteiger partial charge in [0.15, 0.2) is 21.3 Å². The maximum absolute atomic E-state index is 12.4. The van der Waals surface area contributed by atoms with Crippen molar-refractivity contribution < 1.29 is 22.7 Å². The van der Waals surface area contributed by atoms with Gasteiger partial charge in [0.1, 0.15) is 0 Å². The van der Waals surface area contributed by atoms with E-state index >= 15 is 0 Å². The van der Waals surface area contributed by atoms with Gasteiger partial charge in [0.25, 0.3) is 5.91 Å². The molecule has 0 aliphatic rings. The highest BCUT2D eigenvalue weighted by Gasteiger charge is 2.15. The second kappa shape index (κ2) is 7.57. The van der Waals surface area contributed by atoms with Gasteiger partial charge < -0.3 is 14.8 Å². The van der Waals surface area contributed by atoms with E-state index < -0.39 is 9.84 Å². The average molecular weight is 363 g/mol. The predicted molar refractivity (Wildman–Crippen MR) is 95.0 cm³/mol. The number of benzene rings is 2. The molecule has 25 heavy (non-hydrogen) atoms. The van der Waals surface area contributed by atoms with E-state index in [1.165, 1.54) is 26.4 Å². The number of methoxy groups -OCH3 is 2. The first-order valence-corrected chi connectivity index (χ1v) is 9.48. The van der Waals surface area contributed by atoms with Crippen LogP contribution in [0.1, 0.15) is 28.9 Å².